The summed E-state index contributed by atoms with van der Waals surface area (Å²) < 4.78 is 5.79. The Morgan fingerprint density at radius 2 is 2.14 bits per heavy atom. The number of H-pyrrole nitrogens is 1. The number of para-hydroxylation sites is 1. The van der Waals surface area contributed by atoms with Crippen molar-refractivity contribution in [1.82, 2.24) is 14.9 Å². The standard InChI is InChI=1S/C22H27N3O2S/c1-14-9-10-17-18(13-14)28-22-19(17)21(26)23-20(24-22)15(2)25(3)11-12-27-16-7-5-4-6-8-16/h4-8,14-15H,9-13H2,1-3H3,(H,23,24,26)/t14-,15-/m1/s1. The van der Waals surface area contributed by atoms with Crippen molar-refractivity contribution in [1.29, 1.82) is 0 Å². The van der Waals surface area contributed by atoms with Gasteiger partial charge in [0.1, 0.15) is 23.0 Å². The van der Waals surface area contributed by atoms with Gasteiger partial charge < -0.3 is 9.72 Å². The van der Waals surface area contributed by atoms with Crippen molar-refractivity contribution in [3.8, 4) is 5.75 Å². The molecule has 3 aromatic rings. The molecular formula is C22H27N3O2S. The van der Waals surface area contributed by atoms with Gasteiger partial charge >= 0.3 is 0 Å². The molecule has 148 valence electrons. The second kappa shape index (κ2) is 8.05. The quantitative estimate of drug-likeness (QED) is 0.678. The lowest BCUT2D eigenvalue weighted by atomic mass is 9.89. The number of likely N-dealkylation sites (N-methyl/N-ethyl adjacent to an activating group) is 1. The van der Waals surface area contributed by atoms with E-state index in [1.807, 2.05) is 37.4 Å². The second-order valence-electron chi connectivity index (χ2n) is 7.80. The number of aryl methyl sites for hydroxylation is 1. The van der Waals surface area contributed by atoms with Crippen molar-refractivity contribution in [2.24, 2.45) is 5.92 Å². The first kappa shape index (κ1) is 19.2. The molecule has 1 aliphatic carbocycles. The fourth-order valence-corrected chi connectivity index (χ4v) is 5.18. The Hall–Kier alpha value is -2.18. The van der Waals surface area contributed by atoms with Crippen LogP contribution in [0.15, 0.2) is 35.1 Å². The highest BCUT2D eigenvalue weighted by Crippen LogP contribution is 2.36. The maximum atomic E-state index is 12.8. The fourth-order valence-electron chi connectivity index (χ4n) is 3.79. The van der Waals surface area contributed by atoms with E-state index < -0.39 is 0 Å². The van der Waals surface area contributed by atoms with Gasteiger partial charge in [-0.15, -0.1) is 11.3 Å². The molecule has 2 aromatic heterocycles. The number of hydrogen-bond donors (Lipinski definition) is 1. The van der Waals surface area contributed by atoms with E-state index in [1.165, 1.54) is 10.4 Å². The molecular weight excluding hydrogens is 370 g/mol. The zero-order valence-corrected chi connectivity index (χ0v) is 17.5. The molecule has 2 heterocycles. The topological polar surface area (TPSA) is 58.2 Å². The van der Waals surface area contributed by atoms with Crippen molar-refractivity contribution in [3.05, 3.63) is 57.0 Å². The first-order chi connectivity index (χ1) is 13.5. The molecule has 1 N–H and O–H groups in total. The number of fused-ring (bicyclic) bond motifs is 3. The highest BCUT2D eigenvalue weighted by atomic mass is 32.1. The molecule has 2 atom stereocenters. The molecule has 0 radical (unpaired) electrons. The molecule has 0 saturated carbocycles. The van der Waals surface area contributed by atoms with Gasteiger partial charge in [-0.3, -0.25) is 9.69 Å². The van der Waals surface area contributed by atoms with Gasteiger partial charge in [0.25, 0.3) is 5.56 Å². The Kier molecular flexibility index (Phi) is 5.51. The molecule has 0 spiro atoms. The molecule has 1 aliphatic rings. The smallest absolute Gasteiger partial charge is 0.259 e. The molecule has 4 rings (SSSR count). The van der Waals surface area contributed by atoms with Gasteiger partial charge in [-0.25, -0.2) is 4.98 Å². The van der Waals surface area contributed by atoms with Crippen LogP contribution in [0.3, 0.4) is 0 Å². The van der Waals surface area contributed by atoms with Gasteiger partial charge in [0.05, 0.1) is 11.4 Å². The van der Waals surface area contributed by atoms with E-state index in [0.717, 1.165) is 47.6 Å². The van der Waals surface area contributed by atoms with Crippen LogP contribution in [0, 0.1) is 5.92 Å². The molecule has 0 amide bonds. The van der Waals surface area contributed by atoms with Crippen LogP contribution in [0.5, 0.6) is 5.75 Å². The number of hydrogen-bond acceptors (Lipinski definition) is 5. The summed E-state index contributed by atoms with van der Waals surface area (Å²) in [6, 6.07) is 9.82. The summed E-state index contributed by atoms with van der Waals surface area (Å²) in [5, 5.41) is 0.818. The van der Waals surface area contributed by atoms with Crippen LogP contribution < -0.4 is 10.3 Å². The minimum Gasteiger partial charge on any atom is -0.492 e. The van der Waals surface area contributed by atoms with Crippen molar-refractivity contribution < 1.29 is 4.74 Å². The summed E-state index contributed by atoms with van der Waals surface area (Å²) in [6.45, 7) is 5.69. The number of benzene rings is 1. The van der Waals surface area contributed by atoms with Crippen molar-refractivity contribution in [3.63, 3.8) is 0 Å². The lowest BCUT2D eigenvalue weighted by Gasteiger charge is -2.23. The molecule has 0 saturated heterocycles. The highest BCUT2D eigenvalue weighted by Gasteiger charge is 2.24. The second-order valence-corrected chi connectivity index (χ2v) is 8.88. The summed E-state index contributed by atoms with van der Waals surface area (Å²) in [5.74, 6) is 2.29. The van der Waals surface area contributed by atoms with Gasteiger partial charge in [-0.1, -0.05) is 25.1 Å². The van der Waals surface area contributed by atoms with Gasteiger partial charge in [0.2, 0.25) is 0 Å². The zero-order valence-electron chi connectivity index (χ0n) is 16.7. The van der Waals surface area contributed by atoms with Gasteiger partial charge in [-0.2, -0.15) is 0 Å². The third-order valence-electron chi connectivity index (χ3n) is 5.70. The number of nitrogens with zero attached hydrogens (tertiary/aromatic N) is 2. The van der Waals surface area contributed by atoms with Crippen LogP contribution in [0.25, 0.3) is 10.2 Å². The van der Waals surface area contributed by atoms with Gasteiger partial charge in [0, 0.05) is 11.4 Å². The maximum absolute atomic E-state index is 12.8. The number of thiophene rings is 1. The van der Waals surface area contributed by atoms with E-state index in [4.69, 9.17) is 9.72 Å². The van der Waals surface area contributed by atoms with Crippen molar-refractivity contribution in [2.75, 3.05) is 20.2 Å². The Morgan fingerprint density at radius 3 is 2.93 bits per heavy atom. The SMILES string of the molecule is C[C@@H]1CCc2c(sc3nc([C@@H](C)N(C)CCOc4ccccc4)[nH]c(=O)c23)C1. The van der Waals surface area contributed by atoms with E-state index in [1.54, 1.807) is 11.3 Å². The molecule has 1 aromatic carbocycles. The van der Waals surface area contributed by atoms with E-state index in [0.29, 0.717) is 12.5 Å². The Labute approximate surface area is 169 Å². The zero-order chi connectivity index (χ0) is 19.7. The summed E-state index contributed by atoms with van der Waals surface area (Å²) in [7, 11) is 2.03. The Morgan fingerprint density at radius 1 is 1.36 bits per heavy atom. The lowest BCUT2D eigenvalue weighted by molar-refractivity contribution is 0.196. The first-order valence-electron chi connectivity index (χ1n) is 9.95. The van der Waals surface area contributed by atoms with Crippen molar-refractivity contribution in [2.45, 2.75) is 39.2 Å². The molecule has 0 unspecified atom stereocenters. The van der Waals surface area contributed by atoms with Crippen LogP contribution in [0.2, 0.25) is 0 Å². The van der Waals surface area contributed by atoms with E-state index in [9.17, 15) is 4.79 Å². The highest BCUT2D eigenvalue weighted by molar-refractivity contribution is 7.18. The summed E-state index contributed by atoms with van der Waals surface area (Å²) in [4.78, 5) is 25.1. The first-order valence-corrected chi connectivity index (χ1v) is 10.8. The molecule has 6 heteroatoms. The molecule has 28 heavy (non-hydrogen) atoms. The third-order valence-corrected chi connectivity index (χ3v) is 6.84. The number of nitrogens with one attached hydrogen (secondary N) is 1. The van der Waals surface area contributed by atoms with E-state index >= 15 is 0 Å². The van der Waals surface area contributed by atoms with E-state index in [2.05, 4.69) is 23.7 Å². The van der Waals surface area contributed by atoms with Crippen LogP contribution in [-0.4, -0.2) is 35.1 Å². The fraction of sp³-hybridized carbons (Fsp3) is 0.455. The molecule has 0 fully saturated rings. The van der Waals surface area contributed by atoms with Crippen LogP contribution in [0.1, 0.15) is 42.6 Å². The lowest BCUT2D eigenvalue weighted by Crippen LogP contribution is -2.29. The molecule has 0 bridgehead atoms. The van der Waals surface area contributed by atoms with Crippen LogP contribution in [-0.2, 0) is 12.8 Å². The Balaban J connectivity index is 1.49. The third kappa shape index (κ3) is 3.84. The molecule has 0 aliphatic heterocycles. The average Bonchev–Trinajstić information content (AvgIpc) is 3.05. The van der Waals surface area contributed by atoms with Gasteiger partial charge in [-0.05, 0) is 56.8 Å². The number of aromatic nitrogens is 2. The van der Waals surface area contributed by atoms with Crippen LogP contribution >= 0.6 is 11.3 Å². The van der Waals surface area contributed by atoms with E-state index in [-0.39, 0.29) is 11.6 Å². The number of rotatable bonds is 6. The normalized spacial score (nSPS) is 17.6. The minimum atomic E-state index is 0.00726. The molecule has 5 nitrogen and oxygen atoms in total. The number of aromatic amines is 1. The van der Waals surface area contributed by atoms with Gasteiger partial charge in [0.15, 0.2) is 0 Å². The predicted molar refractivity (Wildman–Crippen MR) is 114 cm³/mol. The maximum Gasteiger partial charge on any atom is 0.259 e. The summed E-state index contributed by atoms with van der Waals surface area (Å²) in [5.41, 5.74) is 1.24. The average molecular weight is 398 g/mol. The summed E-state index contributed by atoms with van der Waals surface area (Å²) >= 11 is 1.70. The number of ether oxygens (including phenoxy) is 1. The van der Waals surface area contributed by atoms with Crippen LogP contribution in [0.4, 0.5) is 0 Å². The van der Waals surface area contributed by atoms with Crippen molar-refractivity contribution >= 4 is 21.6 Å². The summed E-state index contributed by atoms with van der Waals surface area (Å²) in [6.07, 6.45) is 3.21. The largest absolute Gasteiger partial charge is 0.492 e. The monoisotopic (exact) mass is 397 g/mol. The minimum absolute atomic E-state index is 0.00726. The predicted octanol–water partition coefficient (Wildman–Crippen LogP) is 4.18. The Bertz CT molecular complexity index is 1010.